The number of phenols is 1. The summed E-state index contributed by atoms with van der Waals surface area (Å²) in [6.07, 6.45) is -0.390. The van der Waals surface area contributed by atoms with Gasteiger partial charge in [0.2, 0.25) is 0 Å². The second-order valence-electron chi connectivity index (χ2n) is 4.68. The minimum absolute atomic E-state index is 0. The van der Waals surface area contributed by atoms with Crippen molar-refractivity contribution in [1.82, 2.24) is 0 Å². The third kappa shape index (κ3) is 4.11. The van der Waals surface area contributed by atoms with Gasteiger partial charge >= 0.3 is 0 Å². The van der Waals surface area contributed by atoms with Gasteiger partial charge in [0, 0.05) is 6.42 Å². The normalized spacial score (nSPS) is 13.1. The summed E-state index contributed by atoms with van der Waals surface area (Å²) in [6.45, 7) is 0. The van der Waals surface area contributed by atoms with Gasteiger partial charge in [-0.2, -0.15) is 0 Å². The molecule has 0 aliphatic carbocycles. The van der Waals surface area contributed by atoms with Crippen LogP contribution in [0.4, 0.5) is 0 Å². The van der Waals surface area contributed by atoms with Crippen LogP contribution < -0.4 is 10.5 Å². The summed E-state index contributed by atoms with van der Waals surface area (Å²) in [4.78, 5) is 0. The summed E-state index contributed by atoms with van der Waals surface area (Å²) in [7, 11) is 1.51. The maximum Gasteiger partial charge on any atom is 0.127 e. The van der Waals surface area contributed by atoms with Gasteiger partial charge in [0.25, 0.3) is 0 Å². The van der Waals surface area contributed by atoms with Crippen molar-refractivity contribution >= 4 is 12.4 Å². The van der Waals surface area contributed by atoms with E-state index in [-0.39, 0.29) is 18.2 Å². The number of rotatable bonds is 5. The maximum atomic E-state index is 10.3. The Kier molecular flexibility index (Phi) is 6.49. The Morgan fingerprint density at radius 2 is 1.76 bits per heavy atom. The van der Waals surface area contributed by atoms with E-state index in [0.29, 0.717) is 17.7 Å². The van der Waals surface area contributed by atoms with E-state index in [1.165, 1.54) is 13.2 Å². The second kappa shape index (κ2) is 7.88. The van der Waals surface area contributed by atoms with Gasteiger partial charge < -0.3 is 20.7 Å². The highest BCUT2D eigenvalue weighted by molar-refractivity contribution is 5.85. The van der Waals surface area contributed by atoms with Crippen LogP contribution in [-0.2, 0) is 6.42 Å². The Bertz CT molecular complexity index is 563. The zero-order valence-electron chi connectivity index (χ0n) is 11.8. The highest BCUT2D eigenvalue weighted by Crippen LogP contribution is 2.34. The second-order valence-corrected chi connectivity index (χ2v) is 4.68. The van der Waals surface area contributed by atoms with Crippen LogP contribution in [-0.4, -0.2) is 23.4 Å². The van der Waals surface area contributed by atoms with Crippen molar-refractivity contribution in [1.29, 1.82) is 0 Å². The zero-order valence-corrected chi connectivity index (χ0v) is 12.6. The predicted molar refractivity (Wildman–Crippen MR) is 85.0 cm³/mol. The lowest BCUT2D eigenvalue weighted by Gasteiger charge is -2.22. The van der Waals surface area contributed by atoms with Gasteiger partial charge in [0.15, 0.2) is 0 Å². The Balaban J connectivity index is 0.00000220. The number of hydrogen-bond donors (Lipinski definition) is 3. The number of aliphatic hydroxyl groups is 1. The molecule has 0 amide bonds. The Labute approximate surface area is 130 Å². The van der Waals surface area contributed by atoms with Crippen LogP contribution in [0.5, 0.6) is 11.5 Å². The van der Waals surface area contributed by atoms with Gasteiger partial charge in [-0.15, -0.1) is 12.4 Å². The molecule has 0 aliphatic heterocycles. The molecule has 0 aromatic heterocycles. The molecule has 5 heteroatoms. The van der Waals surface area contributed by atoms with Crippen molar-refractivity contribution in [2.75, 3.05) is 7.11 Å². The van der Waals surface area contributed by atoms with Gasteiger partial charge in [-0.1, -0.05) is 36.4 Å². The molecule has 0 fully saturated rings. The third-order valence-electron chi connectivity index (χ3n) is 3.30. The van der Waals surface area contributed by atoms with Crippen molar-refractivity contribution in [2.24, 2.45) is 5.73 Å². The first-order valence-electron chi connectivity index (χ1n) is 6.47. The van der Waals surface area contributed by atoms with Crippen LogP contribution in [0.2, 0.25) is 0 Å². The fourth-order valence-electron chi connectivity index (χ4n) is 2.22. The topological polar surface area (TPSA) is 75.7 Å². The molecule has 21 heavy (non-hydrogen) atoms. The molecule has 4 N–H and O–H groups in total. The van der Waals surface area contributed by atoms with Gasteiger partial charge in [-0.3, -0.25) is 0 Å². The summed E-state index contributed by atoms with van der Waals surface area (Å²) >= 11 is 0. The van der Waals surface area contributed by atoms with Gasteiger partial charge in [0.1, 0.15) is 11.5 Å². The quantitative estimate of drug-likeness (QED) is 0.793. The molecule has 0 unspecified atom stereocenters. The fraction of sp³-hybridized carbons (Fsp3) is 0.250. The van der Waals surface area contributed by atoms with Gasteiger partial charge in [0.05, 0.1) is 24.8 Å². The molecule has 2 atom stereocenters. The summed E-state index contributed by atoms with van der Waals surface area (Å²) in [5.41, 5.74) is 7.49. The Morgan fingerprint density at radius 3 is 2.38 bits per heavy atom. The first-order chi connectivity index (χ1) is 9.63. The van der Waals surface area contributed by atoms with Crippen LogP contribution in [0.15, 0.2) is 48.5 Å². The van der Waals surface area contributed by atoms with Crippen molar-refractivity contribution in [3.05, 3.63) is 59.7 Å². The maximum absolute atomic E-state index is 10.3. The lowest BCUT2D eigenvalue weighted by atomic mass is 9.95. The molecular weight excluding hydrogens is 290 g/mol. The average molecular weight is 310 g/mol. The molecule has 2 aromatic rings. The van der Waals surface area contributed by atoms with Crippen molar-refractivity contribution < 1.29 is 14.9 Å². The predicted octanol–water partition coefficient (Wildman–Crippen LogP) is 2.43. The van der Waals surface area contributed by atoms with Gasteiger partial charge in [-0.25, -0.2) is 0 Å². The van der Waals surface area contributed by atoms with Crippen molar-refractivity contribution in [3.63, 3.8) is 0 Å². The van der Waals surface area contributed by atoms with Crippen LogP contribution >= 0.6 is 12.4 Å². The van der Waals surface area contributed by atoms with Crippen LogP contribution in [0.1, 0.15) is 17.2 Å². The van der Waals surface area contributed by atoms with Crippen molar-refractivity contribution in [2.45, 2.75) is 18.6 Å². The molecule has 0 heterocycles. The molecule has 114 valence electrons. The summed E-state index contributed by atoms with van der Waals surface area (Å²) in [5, 5.41) is 20.2. The largest absolute Gasteiger partial charge is 0.507 e. The number of halogens is 1. The van der Waals surface area contributed by atoms with E-state index in [4.69, 9.17) is 10.5 Å². The highest BCUT2D eigenvalue weighted by Gasteiger charge is 2.23. The lowest BCUT2D eigenvalue weighted by molar-refractivity contribution is 0.142. The monoisotopic (exact) mass is 309 g/mol. The number of hydrogen-bond acceptors (Lipinski definition) is 4. The van der Waals surface area contributed by atoms with E-state index in [1.807, 2.05) is 30.3 Å². The minimum atomic E-state index is -0.806. The number of ether oxygens (including phenoxy) is 1. The van der Waals surface area contributed by atoms with Crippen LogP contribution in [0.3, 0.4) is 0 Å². The molecule has 0 aliphatic rings. The molecule has 0 saturated carbocycles. The SMILES string of the molecule is COc1cccc(O)c1[C@H](N)[C@H](O)Cc1ccccc1.Cl. The van der Waals surface area contributed by atoms with E-state index in [9.17, 15) is 10.2 Å². The highest BCUT2D eigenvalue weighted by atomic mass is 35.5. The van der Waals surface area contributed by atoms with E-state index in [1.54, 1.807) is 12.1 Å². The smallest absolute Gasteiger partial charge is 0.127 e. The van der Waals surface area contributed by atoms with Crippen LogP contribution in [0.25, 0.3) is 0 Å². The number of benzene rings is 2. The summed E-state index contributed by atoms with van der Waals surface area (Å²) in [5.74, 6) is 0.508. The molecule has 2 rings (SSSR count). The van der Waals surface area contributed by atoms with E-state index >= 15 is 0 Å². The first kappa shape index (κ1) is 17.3. The number of phenolic OH excluding ortho intramolecular Hbond substituents is 1. The summed E-state index contributed by atoms with van der Waals surface area (Å²) in [6, 6.07) is 13.8. The summed E-state index contributed by atoms with van der Waals surface area (Å²) < 4.78 is 5.20. The zero-order chi connectivity index (χ0) is 14.5. The number of aromatic hydroxyl groups is 1. The first-order valence-corrected chi connectivity index (χ1v) is 6.47. The molecular formula is C16H20ClNO3. The van der Waals surface area contributed by atoms with E-state index in [0.717, 1.165) is 5.56 Å². The number of nitrogens with two attached hydrogens (primary N) is 1. The molecule has 0 radical (unpaired) electrons. The molecule has 0 spiro atoms. The standard InChI is InChI=1S/C16H19NO3.ClH/c1-20-14-9-5-8-12(18)15(14)16(17)13(19)10-11-6-3-2-4-7-11;/h2-9,13,16,18-19H,10,17H2,1H3;1H/t13-,16-;/m1./s1. The van der Waals surface area contributed by atoms with Gasteiger partial charge in [-0.05, 0) is 17.7 Å². The van der Waals surface area contributed by atoms with E-state index < -0.39 is 12.1 Å². The lowest BCUT2D eigenvalue weighted by Crippen LogP contribution is -2.28. The minimum Gasteiger partial charge on any atom is -0.507 e. The Morgan fingerprint density at radius 1 is 1.10 bits per heavy atom. The third-order valence-corrected chi connectivity index (χ3v) is 3.30. The molecule has 2 aromatic carbocycles. The number of methoxy groups -OCH3 is 1. The van der Waals surface area contributed by atoms with E-state index in [2.05, 4.69) is 0 Å². The Hall–Kier alpha value is -1.75. The fourth-order valence-corrected chi connectivity index (χ4v) is 2.22. The van der Waals surface area contributed by atoms with Crippen LogP contribution in [0, 0.1) is 0 Å². The molecule has 0 saturated heterocycles. The average Bonchev–Trinajstić information content (AvgIpc) is 2.47. The molecule has 4 nitrogen and oxygen atoms in total. The van der Waals surface area contributed by atoms with Crippen molar-refractivity contribution in [3.8, 4) is 11.5 Å². The molecule has 0 bridgehead atoms. The number of aliphatic hydroxyl groups excluding tert-OH is 1.